The molecule has 0 aliphatic heterocycles. The maximum absolute atomic E-state index is 13.0. The number of hydrogen-bond donors (Lipinski definition) is 2. The van der Waals surface area contributed by atoms with Crippen molar-refractivity contribution in [1.29, 1.82) is 0 Å². The molecule has 11 heteroatoms. The lowest BCUT2D eigenvalue weighted by atomic mass is 10.2. The highest BCUT2D eigenvalue weighted by molar-refractivity contribution is 8.00. The maximum atomic E-state index is 13.0. The third-order valence-corrected chi connectivity index (χ3v) is 4.71. The third-order valence-electron chi connectivity index (χ3n) is 3.57. The van der Waals surface area contributed by atoms with Crippen molar-refractivity contribution in [1.82, 2.24) is 14.8 Å². The average molecular weight is 430 g/mol. The zero-order chi connectivity index (χ0) is 20.5. The number of benzene rings is 1. The Hall–Kier alpha value is -2.59. The molecule has 0 saturated heterocycles. The molecule has 1 aromatic carbocycles. The van der Waals surface area contributed by atoms with Crippen LogP contribution in [0.1, 0.15) is 11.1 Å². The van der Waals surface area contributed by atoms with Crippen LogP contribution in [0, 0.1) is 6.92 Å². The summed E-state index contributed by atoms with van der Waals surface area (Å²) in [5, 5.41) is 3.63. The molecule has 0 unspecified atom stereocenters. The standard InChI is InChI=1S/C17H15ClF3N5OS/c1-9-5-13(16(23-8-9)27-15-7-14(22)24-26(15)2)25-28-10-3-4-12(18)11(6-10)17(19,20)21/h3-8,25H,1-2H3,(H2,22,24). The number of ether oxygens (including phenoxy) is 1. The van der Waals surface area contributed by atoms with Gasteiger partial charge in [0.2, 0.25) is 11.8 Å². The fourth-order valence-electron chi connectivity index (χ4n) is 2.28. The molecule has 0 radical (unpaired) electrons. The summed E-state index contributed by atoms with van der Waals surface area (Å²) < 4.78 is 49.2. The lowest BCUT2D eigenvalue weighted by Crippen LogP contribution is -2.06. The van der Waals surface area contributed by atoms with E-state index in [9.17, 15) is 13.2 Å². The van der Waals surface area contributed by atoms with Gasteiger partial charge in [0.05, 0.1) is 10.6 Å². The number of alkyl halides is 3. The summed E-state index contributed by atoms with van der Waals surface area (Å²) >= 11 is 6.63. The first-order valence-electron chi connectivity index (χ1n) is 7.87. The molecule has 0 spiro atoms. The van der Waals surface area contributed by atoms with Crippen molar-refractivity contribution in [3.8, 4) is 11.8 Å². The van der Waals surface area contributed by atoms with Crippen molar-refractivity contribution < 1.29 is 17.9 Å². The second-order valence-corrected chi connectivity index (χ2v) is 7.13. The van der Waals surface area contributed by atoms with Crippen LogP contribution in [-0.2, 0) is 13.2 Å². The van der Waals surface area contributed by atoms with E-state index in [0.717, 1.165) is 23.6 Å². The molecule has 2 heterocycles. The Morgan fingerprint density at radius 2 is 2.00 bits per heavy atom. The van der Waals surface area contributed by atoms with Crippen LogP contribution in [0.2, 0.25) is 5.02 Å². The van der Waals surface area contributed by atoms with Gasteiger partial charge in [0.1, 0.15) is 11.5 Å². The molecule has 0 aliphatic rings. The summed E-state index contributed by atoms with van der Waals surface area (Å²) in [7, 11) is 1.66. The minimum Gasteiger partial charge on any atom is -0.419 e. The Morgan fingerprint density at radius 1 is 1.25 bits per heavy atom. The number of pyridine rings is 1. The summed E-state index contributed by atoms with van der Waals surface area (Å²) in [6, 6.07) is 6.97. The minimum atomic E-state index is -4.54. The molecule has 28 heavy (non-hydrogen) atoms. The Morgan fingerprint density at radius 3 is 2.64 bits per heavy atom. The summed E-state index contributed by atoms with van der Waals surface area (Å²) in [6.45, 7) is 1.83. The maximum Gasteiger partial charge on any atom is 0.417 e. The van der Waals surface area contributed by atoms with Gasteiger partial charge in [-0.3, -0.25) is 0 Å². The third kappa shape index (κ3) is 4.63. The molecular weight excluding hydrogens is 415 g/mol. The number of halogens is 4. The lowest BCUT2D eigenvalue weighted by molar-refractivity contribution is -0.137. The van der Waals surface area contributed by atoms with Crippen LogP contribution in [0.15, 0.2) is 41.4 Å². The molecule has 3 N–H and O–H groups in total. The zero-order valence-electron chi connectivity index (χ0n) is 14.7. The number of nitrogens with zero attached hydrogens (tertiary/aromatic N) is 3. The van der Waals surface area contributed by atoms with Crippen molar-refractivity contribution in [2.45, 2.75) is 18.0 Å². The first-order chi connectivity index (χ1) is 13.1. The van der Waals surface area contributed by atoms with Crippen molar-refractivity contribution in [2.24, 2.45) is 7.05 Å². The fourth-order valence-corrected chi connectivity index (χ4v) is 3.19. The largest absolute Gasteiger partial charge is 0.419 e. The predicted molar refractivity (Wildman–Crippen MR) is 103 cm³/mol. The van der Waals surface area contributed by atoms with Crippen molar-refractivity contribution in [3.05, 3.63) is 52.7 Å². The molecule has 0 aliphatic carbocycles. The number of aryl methyl sites for hydroxylation is 2. The lowest BCUT2D eigenvalue weighted by Gasteiger charge is -2.13. The average Bonchev–Trinajstić information content (AvgIpc) is 2.92. The van der Waals surface area contributed by atoms with Gasteiger partial charge in [-0.25, -0.2) is 9.67 Å². The molecule has 0 bridgehead atoms. The number of nitrogen functional groups attached to an aromatic ring is 1. The second kappa shape index (κ2) is 7.80. The summed E-state index contributed by atoms with van der Waals surface area (Å²) in [4.78, 5) is 4.55. The summed E-state index contributed by atoms with van der Waals surface area (Å²) in [6.07, 6.45) is -2.93. The Balaban J connectivity index is 1.83. The van der Waals surface area contributed by atoms with E-state index in [1.54, 1.807) is 19.3 Å². The van der Waals surface area contributed by atoms with Crippen LogP contribution in [0.3, 0.4) is 0 Å². The van der Waals surface area contributed by atoms with Gasteiger partial charge in [-0.15, -0.1) is 0 Å². The van der Waals surface area contributed by atoms with Crippen molar-refractivity contribution >= 4 is 35.1 Å². The predicted octanol–water partition coefficient (Wildman–Crippen LogP) is 5.29. The number of rotatable bonds is 5. The van der Waals surface area contributed by atoms with Crippen LogP contribution < -0.4 is 15.2 Å². The van der Waals surface area contributed by atoms with Gasteiger partial charge in [0.25, 0.3) is 0 Å². The number of nitrogens with one attached hydrogen (secondary N) is 1. The Bertz CT molecular complexity index is 1010. The van der Waals surface area contributed by atoms with Crippen molar-refractivity contribution in [3.63, 3.8) is 0 Å². The minimum absolute atomic E-state index is 0.228. The highest BCUT2D eigenvalue weighted by atomic mass is 35.5. The molecule has 2 aromatic heterocycles. The molecule has 0 amide bonds. The second-order valence-electron chi connectivity index (χ2n) is 5.84. The molecule has 0 atom stereocenters. The first-order valence-corrected chi connectivity index (χ1v) is 9.06. The van der Waals surface area contributed by atoms with Crippen LogP contribution in [0.4, 0.5) is 24.7 Å². The number of anilines is 2. The molecule has 0 saturated carbocycles. The topological polar surface area (TPSA) is 78.0 Å². The highest BCUT2D eigenvalue weighted by Crippen LogP contribution is 2.38. The van der Waals surface area contributed by atoms with E-state index >= 15 is 0 Å². The Labute approximate surface area is 168 Å². The monoisotopic (exact) mass is 429 g/mol. The fraction of sp³-hybridized carbons (Fsp3) is 0.176. The van der Waals surface area contributed by atoms with E-state index in [0.29, 0.717) is 16.5 Å². The highest BCUT2D eigenvalue weighted by Gasteiger charge is 2.33. The molecule has 3 aromatic rings. The van der Waals surface area contributed by atoms with Gasteiger partial charge in [0, 0.05) is 24.2 Å². The van der Waals surface area contributed by atoms with Crippen molar-refractivity contribution in [2.75, 3.05) is 10.5 Å². The van der Waals surface area contributed by atoms with Gasteiger partial charge < -0.3 is 15.2 Å². The van der Waals surface area contributed by atoms with Crippen LogP contribution in [0.25, 0.3) is 0 Å². The van der Waals surface area contributed by atoms with Gasteiger partial charge >= 0.3 is 6.18 Å². The summed E-state index contributed by atoms with van der Waals surface area (Å²) in [5.74, 6) is 0.883. The molecule has 3 rings (SSSR count). The Kier molecular flexibility index (Phi) is 5.61. The first kappa shape index (κ1) is 20.2. The molecule has 6 nitrogen and oxygen atoms in total. The number of hydrogen-bond acceptors (Lipinski definition) is 6. The van der Waals surface area contributed by atoms with E-state index < -0.39 is 11.7 Å². The van der Waals surface area contributed by atoms with Gasteiger partial charge in [-0.2, -0.15) is 18.3 Å². The smallest absolute Gasteiger partial charge is 0.417 e. The summed E-state index contributed by atoms with van der Waals surface area (Å²) in [5.41, 5.74) is 6.06. The van der Waals surface area contributed by atoms with Crippen LogP contribution in [0.5, 0.6) is 11.8 Å². The van der Waals surface area contributed by atoms with Gasteiger partial charge in [-0.05, 0) is 48.7 Å². The number of aromatic nitrogens is 3. The van der Waals surface area contributed by atoms with Gasteiger partial charge in [0.15, 0.2) is 0 Å². The molecular formula is C17H15ClF3N5OS. The SMILES string of the molecule is Cc1cnc(Oc2cc(N)nn2C)c(NSc2ccc(Cl)c(C(F)(F)F)c2)c1. The van der Waals surface area contributed by atoms with Crippen LogP contribution >= 0.6 is 23.5 Å². The molecule has 0 fully saturated rings. The quantitative estimate of drug-likeness (QED) is 0.536. The normalized spacial score (nSPS) is 11.5. The van der Waals surface area contributed by atoms with Gasteiger partial charge in [-0.1, -0.05) is 11.6 Å². The van der Waals surface area contributed by atoms with E-state index in [1.807, 2.05) is 6.92 Å². The van der Waals surface area contributed by atoms with Crippen LogP contribution in [-0.4, -0.2) is 14.8 Å². The number of nitrogens with two attached hydrogens (primary N) is 1. The van der Waals surface area contributed by atoms with E-state index in [-0.39, 0.29) is 16.7 Å². The van der Waals surface area contributed by atoms with E-state index in [4.69, 9.17) is 22.1 Å². The molecule has 148 valence electrons. The van der Waals surface area contributed by atoms with E-state index in [1.165, 1.54) is 22.9 Å². The zero-order valence-corrected chi connectivity index (χ0v) is 16.3. The van der Waals surface area contributed by atoms with E-state index in [2.05, 4.69) is 14.8 Å².